The maximum atomic E-state index is 5.84. The number of rotatable bonds is 3. The Kier molecular flexibility index (Phi) is 2.91. The van der Waals surface area contributed by atoms with Crippen molar-refractivity contribution < 1.29 is 4.42 Å². The summed E-state index contributed by atoms with van der Waals surface area (Å²) in [5.41, 5.74) is 0. The third-order valence-electron chi connectivity index (χ3n) is 1.83. The van der Waals surface area contributed by atoms with Crippen LogP contribution in [0.4, 0.5) is 0 Å². The van der Waals surface area contributed by atoms with Gasteiger partial charge < -0.3 is 9.73 Å². The Morgan fingerprint density at radius 2 is 2.21 bits per heavy atom. The van der Waals surface area contributed by atoms with Gasteiger partial charge in [0.1, 0.15) is 11.5 Å². The summed E-state index contributed by atoms with van der Waals surface area (Å²) < 4.78 is 6.40. The quantitative estimate of drug-likeness (QED) is 0.870. The molecule has 2 nitrogen and oxygen atoms in total. The molecule has 1 N–H and O–H groups in total. The van der Waals surface area contributed by atoms with E-state index in [9.17, 15) is 0 Å². The van der Waals surface area contributed by atoms with E-state index in [2.05, 4.69) is 5.32 Å². The zero-order valence-corrected chi connectivity index (χ0v) is 9.28. The van der Waals surface area contributed by atoms with Crippen molar-refractivity contribution in [3.05, 3.63) is 34.4 Å². The molecule has 0 aromatic carbocycles. The molecule has 0 bridgehead atoms. The Balaban J connectivity index is 2.24. The highest BCUT2D eigenvalue weighted by molar-refractivity contribution is 7.19. The monoisotopic (exact) mass is 227 g/mol. The summed E-state index contributed by atoms with van der Waals surface area (Å²) in [6.45, 7) is 0.749. The molecule has 0 fully saturated rings. The predicted molar refractivity (Wildman–Crippen MR) is 59.8 cm³/mol. The molecule has 0 amide bonds. The summed E-state index contributed by atoms with van der Waals surface area (Å²) in [7, 11) is 1.89. The molecular weight excluding hydrogens is 218 g/mol. The van der Waals surface area contributed by atoms with Crippen LogP contribution >= 0.6 is 22.9 Å². The summed E-state index contributed by atoms with van der Waals surface area (Å²) in [6.07, 6.45) is 0. The first-order valence-electron chi connectivity index (χ1n) is 4.28. The van der Waals surface area contributed by atoms with Gasteiger partial charge in [-0.15, -0.1) is 11.3 Å². The van der Waals surface area contributed by atoms with E-state index in [4.69, 9.17) is 16.0 Å². The lowest BCUT2D eigenvalue weighted by Gasteiger charge is -1.93. The highest BCUT2D eigenvalue weighted by Crippen LogP contribution is 2.31. The van der Waals surface area contributed by atoms with Crippen molar-refractivity contribution in [3.63, 3.8) is 0 Å². The number of furan rings is 1. The maximum Gasteiger partial charge on any atom is 0.144 e. The standard InChI is InChI=1S/C10H10ClNOS/c1-12-6-7-2-3-8(13-7)9-4-5-10(11)14-9/h2-5,12H,6H2,1H3. The van der Waals surface area contributed by atoms with E-state index >= 15 is 0 Å². The highest BCUT2D eigenvalue weighted by atomic mass is 35.5. The average molecular weight is 228 g/mol. The first kappa shape index (κ1) is 9.77. The van der Waals surface area contributed by atoms with Crippen LogP contribution in [0.5, 0.6) is 0 Å². The molecule has 2 heterocycles. The largest absolute Gasteiger partial charge is 0.459 e. The van der Waals surface area contributed by atoms with E-state index in [0.717, 1.165) is 27.3 Å². The van der Waals surface area contributed by atoms with Crippen molar-refractivity contribution in [2.24, 2.45) is 0 Å². The third kappa shape index (κ3) is 2.00. The molecule has 2 aromatic rings. The van der Waals surface area contributed by atoms with Crippen molar-refractivity contribution in [1.82, 2.24) is 5.32 Å². The van der Waals surface area contributed by atoms with Gasteiger partial charge >= 0.3 is 0 Å². The van der Waals surface area contributed by atoms with Crippen molar-refractivity contribution in [2.75, 3.05) is 7.05 Å². The SMILES string of the molecule is CNCc1ccc(-c2ccc(Cl)s2)o1. The van der Waals surface area contributed by atoms with Gasteiger partial charge in [-0.2, -0.15) is 0 Å². The first-order valence-corrected chi connectivity index (χ1v) is 5.48. The van der Waals surface area contributed by atoms with Gasteiger partial charge in [0.25, 0.3) is 0 Å². The molecule has 0 aliphatic heterocycles. The van der Waals surface area contributed by atoms with E-state index in [1.165, 1.54) is 11.3 Å². The van der Waals surface area contributed by atoms with Gasteiger partial charge in [0.15, 0.2) is 0 Å². The second-order valence-corrected chi connectivity index (χ2v) is 4.62. The number of halogens is 1. The van der Waals surface area contributed by atoms with Gasteiger partial charge in [-0.3, -0.25) is 0 Å². The van der Waals surface area contributed by atoms with E-state index in [0.29, 0.717) is 0 Å². The van der Waals surface area contributed by atoms with Crippen LogP contribution in [0.25, 0.3) is 10.6 Å². The second-order valence-electron chi connectivity index (χ2n) is 2.90. The van der Waals surface area contributed by atoms with Gasteiger partial charge in [-0.05, 0) is 31.3 Å². The number of hydrogen-bond acceptors (Lipinski definition) is 3. The molecule has 14 heavy (non-hydrogen) atoms. The van der Waals surface area contributed by atoms with Gasteiger partial charge in [-0.25, -0.2) is 0 Å². The van der Waals surface area contributed by atoms with Gasteiger partial charge in [-0.1, -0.05) is 11.6 Å². The Morgan fingerprint density at radius 3 is 2.86 bits per heavy atom. The zero-order valence-electron chi connectivity index (χ0n) is 7.71. The molecule has 0 saturated heterocycles. The third-order valence-corrected chi connectivity index (χ3v) is 3.07. The fraction of sp³-hybridized carbons (Fsp3) is 0.200. The minimum absolute atomic E-state index is 0.749. The summed E-state index contributed by atoms with van der Waals surface area (Å²) in [5.74, 6) is 1.82. The van der Waals surface area contributed by atoms with E-state index < -0.39 is 0 Å². The molecule has 0 radical (unpaired) electrons. The predicted octanol–water partition coefficient (Wildman–Crippen LogP) is 3.38. The molecule has 0 spiro atoms. The van der Waals surface area contributed by atoms with Gasteiger partial charge in [0.2, 0.25) is 0 Å². The van der Waals surface area contributed by atoms with Crippen molar-refractivity contribution in [3.8, 4) is 10.6 Å². The molecule has 0 aliphatic rings. The molecule has 0 atom stereocenters. The number of hydrogen-bond donors (Lipinski definition) is 1. The molecule has 2 rings (SSSR count). The van der Waals surface area contributed by atoms with Crippen LogP contribution < -0.4 is 5.32 Å². The molecule has 0 unspecified atom stereocenters. The van der Waals surface area contributed by atoms with Crippen LogP contribution in [0.2, 0.25) is 4.34 Å². The number of nitrogens with one attached hydrogen (secondary N) is 1. The summed E-state index contributed by atoms with van der Waals surface area (Å²) in [6, 6.07) is 7.78. The van der Waals surface area contributed by atoms with Crippen LogP contribution in [0, 0.1) is 0 Å². The van der Waals surface area contributed by atoms with Crippen LogP contribution in [0.1, 0.15) is 5.76 Å². The zero-order chi connectivity index (χ0) is 9.97. The minimum Gasteiger partial charge on any atom is -0.459 e. The molecular formula is C10H10ClNOS. The van der Waals surface area contributed by atoms with Crippen molar-refractivity contribution >= 4 is 22.9 Å². The highest BCUT2D eigenvalue weighted by Gasteiger charge is 2.06. The first-order chi connectivity index (χ1) is 6.79. The lowest BCUT2D eigenvalue weighted by atomic mass is 10.3. The topological polar surface area (TPSA) is 25.2 Å². The Bertz CT molecular complexity index is 421. The lowest BCUT2D eigenvalue weighted by molar-refractivity contribution is 0.508. The van der Waals surface area contributed by atoms with E-state index in [1.54, 1.807) is 0 Å². The van der Waals surface area contributed by atoms with Crippen LogP contribution in [-0.2, 0) is 6.54 Å². The average Bonchev–Trinajstić information content (AvgIpc) is 2.74. The Hall–Kier alpha value is -0.770. The lowest BCUT2D eigenvalue weighted by Crippen LogP contribution is -2.03. The minimum atomic E-state index is 0.749. The fourth-order valence-corrected chi connectivity index (χ4v) is 2.23. The van der Waals surface area contributed by atoms with Crippen molar-refractivity contribution in [2.45, 2.75) is 6.54 Å². The van der Waals surface area contributed by atoms with E-state index in [-0.39, 0.29) is 0 Å². The normalized spacial score (nSPS) is 10.7. The Morgan fingerprint density at radius 1 is 1.36 bits per heavy atom. The van der Waals surface area contributed by atoms with Crippen LogP contribution in [0.3, 0.4) is 0 Å². The van der Waals surface area contributed by atoms with Crippen molar-refractivity contribution in [1.29, 1.82) is 0 Å². The summed E-state index contributed by atoms with van der Waals surface area (Å²) in [5, 5.41) is 3.04. The Labute approximate surface area is 91.5 Å². The molecule has 74 valence electrons. The second kappa shape index (κ2) is 4.17. The van der Waals surface area contributed by atoms with Crippen LogP contribution in [0.15, 0.2) is 28.7 Å². The number of thiophene rings is 1. The summed E-state index contributed by atoms with van der Waals surface area (Å²) in [4.78, 5) is 1.07. The maximum absolute atomic E-state index is 5.84. The van der Waals surface area contributed by atoms with E-state index in [1.807, 2.05) is 31.3 Å². The molecule has 2 aromatic heterocycles. The molecule has 4 heteroatoms. The smallest absolute Gasteiger partial charge is 0.144 e. The van der Waals surface area contributed by atoms with Crippen LogP contribution in [-0.4, -0.2) is 7.05 Å². The van der Waals surface area contributed by atoms with Gasteiger partial charge in [0.05, 0.1) is 15.8 Å². The fourth-order valence-electron chi connectivity index (χ4n) is 1.23. The molecule has 0 aliphatic carbocycles. The van der Waals surface area contributed by atoms with Gasteiger partial charge in [0, 0.05) is 0 Å². The summed E-state index contributed by atoms with van der Waals surface area (Å²) >= 11 is 7.37. The molecule has 0 saturated carbocycles.